The number of hydrogen-bond acceptors (Lipinski definition) is 4. The van der Waals surface area contributed by atoms with Crippen molar-refractivity contribution in [3.8, 4) is 5.75 Å². The van der Waals surface area contributed by atoms with Crippen molar-refractivity contribution in [2.75, 3.05) is 31.7 Å². The van der Waals surface area contributed by atoms with Crippen LogP contribution in [0.4, 0.5) is 5.69 Å². The third-order valence-electron chi connectivity index (χ3n) is 3.79. The Morgan fingerprint density at radius 3 is 2.65 bits per heavy atom. The first kappa shape index (κ1) is 15.1. The molecule has 4 heteroatoms. The standard InChI is InChI=1S/C16H26N2O2/c1-12-10-15(20-13(2)11-19-3)4-5-16(12)18-8-6-14(17)7-9-18/h4-5,10,13-14H,6-9,11,17H2,1-3H3. The van der Waals surface area contributed by atoms with Gasteiger partial charge in [-0.1, -0.05) is 0 Å². The van der Waals surface area contributed by atoms with Gasteiger partial charge in [0, 0.05) is 31.9 Å². The fourth-order valence-corrected chi connectivity index (χ4v) is 2.70. The fraction of sp³-hybridized carbons (Fsp3) is 0.625. The third kappa shape index (κ3) is 3.87. The smallest absolute Gasteiger partial charge is 0.120 e. The van der Waals surface area contributed by atoms with E-state index in [0.717, 1.165) is 31.7 Å². The largest absolute Gasteiger partial charge is 0.488 e. The summed E-state index contributed by atoms with van der Waals surface area (Å²) in [4.78, 5) is 2.42. The lowest BCUT2D eigenvalue weighted by atomic mass is 10.0. The van der Waals surface area contributed by atoms with Crippen molar-refractivity contribution in [3.63, 3.8) is 0 Å². The maximum atomic E-state index is 5.96. The van der Waals surface area contributed by atoms with Crippen LogP contribution in [0.1, 0.15) is 25.3 Å². The number of methoxy groups -OCH3 is 1. The van der Waals surface area contributed by atoms with Crippen LogP contribution in [0.25, 0.3) is 0 Å². The minimum atomic E-state index is 0.0678. The summed E-state index contributed by atoms with van der Waals surface area (Å²) in [5, 5.41) is 0. The Labute approximate surface area is 121 Å². The minimum absolute atomic E-state index is 0.0678. The molecule has 1 fully saturated rings. The Morgan fingerprint density at radius 1 is 1.35 bits per heavy atom. The maximum absolute atomic E-state index is 5.96. The second-order valence-electron chi connectivity index (χ2n) is 5.66. The number of anilines is 1. The van der Waals surface area contributed by atoms with Gasteiger partial charge in [-0.2, -0.15) is 0 Å². The molecule has 0 aliphatic carbocycles. The normalized spacial score (nSPS) is 18.1. The topological polar surface area (TPSA) is 47.7 Å². The Bertz CT molecular complexity index is 428. The summed E-state index contributed by atoms with van der Waals surface area (Å²) in [6.07, 6.45) is 2.21. The Kier molecular flexibility index (Phi) is 5.26. The Balaban J connectivity index is 2.02. The summed E-state index contributed by atoms with van der Waals surface area (Å²) in [7, 11) is 1.69. The van der Waals surface area contributed by atoms with Gasteiger partial charge in [0.25, 0.3) is 0 Å². The van der Waals surface area contributed by atoms with Crippen molar-refractivity contribution in [1.29, 1.82) is 0 Å². The molecule has 0 bridgehead atoms. The number of rotatable bonds is 5. The summed E-state index contributed by atoms with van der Waals surface area (Å²) in [6.45, 7) is 6.84. The predicted molar refractivity (Wildman–Crippen MR) is 82.6 cm³/mol. The molecule has 0 amide bonds. The minimum Gasteiger partial charge on any atom is -0.488 e. The van der Waals surface area contributed by atoms with Gasteiger partial charge in [0.2, 0.25) is 0 Å². The van der Waals surface area contributed by atoms with Gasteiger partial charge in [0.05, 0.1) is 6.61 Å². The number of benzene rings is 1. The average Bonchev–Trinajstić information content (AvgIpc) is 2.40. The highest BCUT2D eigenvalue weighted by Crippen LogP contribution is 2.27. The summed E-state index contributed by atoms with van der Waals surface area (Å²) in [6, 6.07) is 6.67. The monoisotopic (exact) mass is 278 g/mol. The zero-order chi connectivity index (χ0) is 14.5. The first-order chi connectivity index (χ1) is 9.60. The van der Waals surface area contributed by atoms with Crippen LogP contribution in [0.3, 0.4) is 0 Å². The van der Waals surface area contributed by atoms with Crippen LogP contribution >= 0.6 is 0 Å². The molecule has 1 saturated heterocycles. The van der Waals surface area contributed by atoms with Crippen LogP contribution in [0.5, 0.6) is 5.75 Å². The van der Waals surface area contributed by atoms with Crippen LogP contribution in [-0.4, -0.2) is 39.0 Å². The van der Waals surface area contributed by atoms with E-state index < -0.39 is 0 Å². The van der Waals surface area contributed by atoms with Crippen molar-refractivity contribution in [2.45, 2.75) is 38.8 Å². The van der Waals surface area contributed by atoms with E-state index in [2.05, 4.69) is 24.0 Å². The molecule has 2 rings (SSSR count). The second-order valence-corrected chi connectivity index (χ2v) is 5.66. The highest BCUT2D eigenvalue weighted by molar-refractivity contribution is 5.56. The third-order valence-corrected chi connectivity index (χ3v) is 3.79. The molecule has 4 nitrogen and oxygen atoms in total. The summed E-state index contributed by atoms with van der Waals surface area (Å²) < 4.78 is 10.9. The van der Waals surface area contributed by atoms with E-state index >= 15 is 0 Å². The van der Waals surface area contributed by atoms with E-state index in [1.807, 2.05) is 13.0 Å². The molecular formula is C16H26N2O2. The SMILES string of the molecule is COCC(C)Oc1ccc(N2CCC(N)CC2)c(C)c1. The number of aryl methyl sites for hydroxylation is 1. The molecule has 0 radical (unpaired) electrons. The highest BCUT2D eigenvalue weighted by Gasteiger charge is 2.18. The molecule has 1 aliphatic rings. The predicted octanol–water partition coefficient (Wildman–Crippen LogP) is 2.34. The van der Waals surface area contributed by atoms with Crippen LogP contribution in [0.15, 0.2) is 18.2 Å². The first-order valence-electron chi connectivity index (χ1n) is 7.37. The van der Waals surface area contributed by atoms with E-state index in [4.69, 9.17) is 15.2 Å². The second kappa shape index (κ2) is 6.95. The van der Waals surface area contributed by atoms with Crippen molar-refractivity contribution in [1.82, 2.24) is 0 Å². The molecule has 0 spiro atoms. The molecule has 1 atom stereocenters. The molecule has 1 heterocycles. The summed E-state index contributed by atoms with van der Waals surface area (Å²) in [5.41, 5.74) is 8.51. The van der Waals surface area contributed by atoms with Gasteiger partial charge in [0.1, 0.15) is 11.9 Å². The number of nitrogens with two attached hydrogens (primary N) is 1. The van der Waals surface area contributed by atoms with Gasteiger partial charge in [-0.3, -0.25) is 0 Å². The van der Waals surface area contributed by atoms with E-state index in [9.17, 15) is 0 Å². The van der Waals surface area contributed by atoms with Crippen LogP contribution in [-0.2, 0) is 4.74 Å². The molecule has 1 aliphatic heterocycles. The van der Waals surface area contributed by atoms with E-state index in [-0.39, 0.29) is 6.10 Å². The highest BCUT2D eigenvalue weighted by atomic mass is 16.5. The lowest BCUT2D eigenvalue weighted by Gasteiger charge is -2.33. The molecule has 1 aromatic rings. The van der Waals surface area contributed by atoms with Crippen LogP contribution < -0.4 is 15.4 Å². The molecule has 0 saturated carbocycles. The van der Waals surface area contributed by atoms with Gasteiger partial charge in [0.15, 0.2) is 0 Å². The Hall–Kier alpha value is -1.26. The zero-order valence-corrected chi connectivity index (χ0v) is 12.8. The van der Waals surface area contributed by atoms with Gasteiger partial charge < -0.3 is 20.1 Å². The van der Waals surface area contributed by atoms with E-state index in [1.165, 1.54) is 11.3 Å². The lowest BCUT2D eigenvalue weighted by Crippen LogP contribution is -2.39. The zero-order valence-electron chi connectivity index (χ0n) is 12.8. The number of hydrogen-bond donors (Lipinski definition) is 1. The maximum Gasteiger partial charge on any atom is 0.120 e. The van der Waals surface area contributed by atoms with Crippen LogP contribution in [0.2, 0.25) is 0 Å². The molecule has 0 aromatic heterocycles. The van der Waals surface area contributed by atoms with E-state index in [1.54, 1.807) is 7.11 Å². The van der Waals surface area contributed by atoms with E-state index in [0.29, 0.717) is 12.6 Å². The van der Waals surface area contributed by atoms with Gasteiger partial charge in [-0.05, 0) is 50.5 Å². The van der Waals surface area contributed by atoms with Crippen molar-refractivity contribution in [2.24, 2.45) is 5.73 Å². The first-order valence-corrected chi connectivity index (χ1v) is 7.37. The van der Waals surface area contributed by atoms with Crippen molar-refractivity contribution >= 4 is 5.69 Å². The molecule has 2 N–H and O–H groups in total. The quantitative estimate of drug-likeness (QED) is 0.898. The number of ether oxygens (including phenoxy) is 2. The molecule has 112 valence electrons. The number of piperidine rings is 1. The van der Waals surface area contributed by atoms with Gasteiger partial charge >= 0.3 is 0 Å². The fourth-order valence-electron chi connectivity index (χ4n) is 2.70. The molecule has 1 aromatic carbocycles. The molecule has 20 heavy (non-hydrogen) atoms. The Morgan fingerprint density at radius 2 is 2.05 bits per heavy atom. The summed E-state index contributed by atoms with van der Waals surface area (Å²) in [5.74, 6) is 0.907. The number of nitrogens with zero attached hydrogens (tertiary/aromatic N) is 1. The van der Waals surface area contributed by atoms with Gasteiger partial charge in [-0.25, -0.2) is 0 Å². The van der Waals surface area contributed by atoms with Crippen LogP contribution in [0, 0.1) is 6.92 Å². The molecular weight excluding hydrogens is 252 g/mol. The average molecular weight is 278 g/mol. The van der Waals surface area contributed by atoms with Crippen molar-refractivity contribution < 1.29 is 9.47 Å². The van der Waals surface area contributed by atoms with Crippen molar-refractivity contribution in [3.05, 3.63) is 23.8 Å². The lowest BCUT2D eigenvalue weighted by molar-refractivity contribution is 0.0920. The van der Waals surface area contributed by atoms with Gasteiger partial charge in [-0.15, -0.1) is 0 Å². The molecule has 1 unspecified atom stereocenters. The summed E-state index contributed by atoms with van der Waals surface area (Å²) >= 11 is 0.